The Balaban J connectivity index is 3.18. The van der Waals surface area contributed by atoms with Gasteiger partial charge in [0, 0.05) is 31.0 Å². The molecule has 0 fully saturated rings. The molecule has 1 aromatic rings. The maximum Gasteiger partial charge on any atom is 0.143 e. The van der Waals surface area contributed by atoms with Gasteiger partial charge in [0.05, 0.1) is 18.9 Å². The molecule has 90 valence electrons. The Labute approximate surface area is 96.7 Å². The second kappa shape index (κ2) is 5.61. The summed E-state index contributed by atoms with van der Waals surface area (Å²) < 4.78 is 10.5. The summed E-state index contributed by atoms with van der Waals surface area (Å²) in [5, 5.41) is 3.28. The standard InChI is InChI=1S/C12H20N2O2/c1-5-14-11-7-12(16-4)10(13)6-9(11)8(2)15-3/h6-8,14H,5,13H2,1-4H3. The van der Waals surface area contributed by atoms with Crippen molar-refractivity contribution in [2.45, 2.75) is 20.0 Å². The fourth-order valence-electron chi connectivity index (χ4n) is 1.60. The molecule has 3 N–H and O–H groups in total. The summed E-state index contributed by atoms with van der Waals surface area (Å²) in [5.41, 5.74) is 8.56. The van der Waals surface area contributed by atoms with E-state index in [1.165, 1.54) is 0 Å². The molecule has 4 heteroatoms. The third kappa shape index (κ3) is 2.58. The minimum absolute atomic E-state index is 0.00209. The fourth-order valence-corrected chi connectivity index (χ4v) is 1.60. The highest BCUT2D eigenvalue weighted by atomic mass is 16.5. The Morgan fingerprint density at radius 1 is 1.38 bits per heavy atom. The quantitative estimate of drug-likeness (QED) is 0.754. The van der Waals surface area contributed by atoms with Crippen LogP contribution in [0.15, 0.2) is 12.1 Å². The highest BCUT2D eigenvalue weighted by Crippen LogP contribution is 2.33. The number of rotatable bonds is 5. The molecule has 0 aliphatic heterocycles. The van der Waals surface area contributed by atoms with Crippen molar-refractivity contribution in [2.24, 2.45) is 0 Å². The van der Waals surface area contributed by atoms with Crippen LogP contribution in [0.25, 0.3) is 0 Å². The van der Waals surface area contributed by atoms with Gasteiger partial charge in [0.1, 0.15) is 5.75 Å². The first kappa shape index (κ1) is 12.6. The lowest BCUT2D eigenvalue weighted by Crippen LogP contribution is -2.06. The van der Waals surface area contributed by atoms with E-state index in [9.17, 15) is 0 Å². The van der Waals surface area contributed by atoms with Crippen LogP contribution in [-0.2, 0) is 4.74 Å². The monoisotopic (exact) mass is 224 g/mol. The third-order valence-corrected chi connectivity index (χ3v) is 2.56. The Morgan fingerprint density at radius 3 is 2.56 bits per heavy atom. The second-order valence-electron chi connectivity index (χ2n) is 3.59. The van der Waals surface area contributed by atoms with Crippen LogP contribution in [0.2, 0.25) is 0 Å². The smallest absolute Gasteiger partial charge is 0.143 e. The van der Waals surface area contributed by atoms with Gasteiger partial charge in [-0.2, -0.15) is 0 Å². The van der Waals surface area contributed by atoms with Crippen LogP contribution in [-0.4, -0.2) is 20.8 Å². The van der Waals surface area contributed by atoms with Crippen LogP contribution in [0.1, 0.15) is 25.5 Å². The summed E-state index contributed by atoms with van der Waals surface area (Å²) in [6.07, 6.45) is 0.00209. The van der Waals surface area contributed by atoms with E-state index >= 15 is 0 Å². The first-order chi connectivity index (χ1) is 7.63. The zero-order valence-electron chi connectivity index (χ0n) is 10.3. The number of benzene rings is 1. The molecule has 0 saturated carbocycles. The van der Waals surface area contributed by atoms with E-state index in [-0.39, 0.29) is 6.10 Å². The van der Waals surface area contributed by atoms with Gasteiger partial charge in [0.15, 0.2) is 0 Å². The summed E-state index contributed by atoms with van der Waals surface area (Å²) in [5.74, 6) is 0.683. The highest BCUT2D eigenvalue weighted by Gasteiger charge is 2.13. The highest BCUT2D eigenvalue weighted by molar-refractivity contribution is 5.66. The lowest BCUT2D eigenvalue weighted by molar-refractivity contribution is 0.120. The van der Waals surface area contributed by atoms with E-state index in [2.05, 4.69) is 5.32 Å². The molecule has 0 amide bonds. The van der Waals surface area contributed by atoms with E-state index < -0.39 is 0 Å². The Kier molecular flexibility index (Phi) is 4.43. The van der Waals surface area contributed by atoms with Crippen LogP contribution in [0.5, 0.6) is 5.75 Å². The molecule has 4 nitrogen and oxygen atoms in total. The van der Waals surface area contributed by atoms with Crippen molar-refractivity contribution in [3.8, 4) is 5.75 Å². The lowest BCUT2D eigenvalue weighted by Gasteiger charge is -2.18. The number of nitrogen functional groups attached to an aromatic ring is 1. The number of hydrogen-bond donors (Lipinski definition) is 2. The van der Waals surface area contributed by atoms with Crippen LogP contribution in [0.4, 0.5) is 11.4 Å². The van der Waals surface area contributed by atoms with Gasteiger partial charge < -0.3 is 20.5 Å². The molecule has 0 aliphatic rings. The molecule has 0 aromatic heterocycles. The second-order valence-corrected chi connectivity index (χ2v) is 3.59. The van der Waals surface area contributed by atoms with Gasteiger partial charge in [-0.25, -0.2) is 0 Å². The molecule has 0 spiro atoms. The summed E-state index contributed by atoms with van der Waals surface area (Å²) >= 11 is 0. The molecule has 0 heterocycles. The van der Waals surface area contributed by atoms with Crippen molar-refractivity contribution in [2.75, 3.05) is 31.8 Å². The van der Waals surface area contributed by atoms with Crippen LogP contribution < -0.4 is 15.8 Å². The number of ether oxygens (including phenoxy) is 2. The van der Waals surface area contributed by atoms with E-state index in [0.717, 1.165) is 17.8 Å². The summed E-state index contributed by atoms with van der Waals surface area (Å²) in [6.45, 7) is 4.88. The zero-order valence-corrected chi connectivity index (χ0v) is 10.3. The molecule has 16 heavy (non-hydrogen) atoms. The van der Waals surface area contributed by atoms with Crippen molar-refractivity contribution in [1.82, 2.24) is 0 Å². The Morgan fingerprint density at radius 2 is 2.06 bits per heavy atom. The van der Waals surface area contributed by atoms with Gasteiger partial charge >= 0.3 is 0 Å². The molecule has 1 unspecified atom stereocenters. The van der Waals surface area contributed by atoms with E-state index in [4.69, 9.17) is 15.2 Å². The van der Waals surface area contributed by atoms with Gasteiger partial charge in [-0.3, -0.25) is 0 Å². The largest absolute Gasteiger partial charge is 0.495 e. The van der Waals surface area contributed by atoms with E-state index in [0.29, 0.717) is 11.4 Å². The van der Waals surface area contributed by atoms with Gasteiger partial charge in [-0.1, -0.05) is 0 Å². The number of nitrogens with one attached hydrogen (secondary N) is 1. The molecule has 0 radical (unpaired) electrons. The minimum atomic E-state index is 0.00209. The van der Waals surface area contributed by atoms with Crippen molar-refractivity contribution < 1.29 is 9.47 Å². The molecular weight excluding hydrogens is 204 g/mol. The Hall–Kier alpha value is -1.42. The van der Waals surface area contributed by atoms with Gasteiger partial charge in [0.25, 0.3) is 0 Å². The number of methoxy groups -OCH3 is 2. The predicted molar refractivity (Wildman–Crippen MR) is 67.0 cm³/mol. The Bertz CT molecular complexity index is 353. The van der Waals surface area contributed by atoms with Crippen molar-refractivity contribution >= 4 is 11.4 Å². The van der Waals surface area contributed by atoms with Crippen LogP contribution in [0, 0.1) is 0 Å². The normalized spacial score (nSPS) is 12.2. The number of anilines is 2. The molecule has 1 aromatic carbocycles. The molecule has 0 aliphatic carbocycles. The molecular formula is C12H20N2O2. The van der Waals surface area contributed by atoms with Crippen LogP contribution in [0.3, 0.4) is 0 Å². The molecule has 1 atom stereocenters. The van der Waals surface area contributed by atoms with Gasteiger partial charge in [-0.05, 0) is 19.9 Å². The third-order valence-electron chi connectivity index (χ3n) is 2.56. The SMILES string of the molecule is CCNc1cc(OC)c(N)cc1C(C)OC. The first-order valence-electron chi connectivity index (χ1n) is 5.38. The fraction of sp³-hybridized carbons (Fsp3) is 0.500. The maximum absolute atomic E-state index is 5.88. The first-order valence-corrected chi connectivity index (χ1v) is 5.38. The predicted octanol–water partition coefficient (Wildman–Crippen LogP) is 2.42. The minimum Gasteiger partial charge on any atom is -0.495 e. The van der Waals surface area contributed by atoms with Gasteiger partial charge in [0.2, 0.25) is 0 Å². The summed E-state index contributed by atoms with van der Waals surface area (Å²) in [6, 6.07) is 3.80. The average Bonchev–Trinajstić information content (AvgIpc) is 2.30. The lowest BCUT2D eigenvalue weighted by atomic mass is 10.1. The molecule has 0 bridgehead atoms. The van der Waals surface area contributed by atoms with Crippen LogP contribution >= 0.6 is 0 Å². The summed E-state index contributed by atoms with van der Waals surface area (Å²) in [4.78, 5) is 0. The van der Waals surface area contributed by atoms with Crippen molar-refractivity contribution in [3.63, 3.8) is 0 Å². The van der Waals surface area contributed by atoms with Crippen molar-refractivity contribution in [3.05, 3.63) is 17.7 Å². The average molecular weight is 224 g/mol. The molecule has 0 saturated heterocycles. The zero-order chi connectivity index (χ0) is 12.1. The number of nitrogens with two attached hydrogens (primary N) is 1. The number of hydrogen-bond acceptors (Lipinski definition) is 4. The van der Waals surface area contributed by atoms with E-state index in [1.54, 1.807) is 14.2 Å². The summed E-state index contributed by atoms with van der Waals surface area (Å²) in [7, 11) is 3.29. The van der Waals surface area contributed by atoms with Gasteiger partial charge in [-0.15, -0.1) is 0 Å². The van der Waals surface area contributed by atoms with E-state index in [1.807, 2.05) is 26.0 Å². The van der Waals surface area contributed by atoms with Crippen molar-refractivity contribution in [1.29, 1.82) is 0 Å². The molecule has 1 rings (SSSR count). The maximum atomic E-state index is 5.88. The topological polar surface area (TPSA) is 56.5 Å².